The first-order valence-corrected chi connectivity index (χ1v) is 10.4. The van der Waals surface area contributed by atoms with Crippen molar-refractivity contribution in [2.75, 3.05) is 6.54 Å². The van der Waals surface area contributed by atoms with Gasteiger partial charge >= 0.3 is 0 Å². The molecule has 1 aromatic carbocycles. The van der Waals surface area contributed by atoms with Crippen LogP contribution in [0, 0.1) is 6.92 Å². The van der Waals surface area contributed by atoms with Crippen LogP contribution < -0.4 is 0 Å². The van der Waals surface area contributed by atoms with E-state index in [0.717, 1.165) is 18.4 Å². The Hall–Kier alpha value is -2.58. The molecule has 1 atom stereocenters. The molecule has 0 N–H and O–H groups in total. The Balaban J connectivity index is 1.51. The van der Waals surface area contributed by atoms with E-state index >= 15 is 0 Å². The molecule has 7 nitrogen and oxygen atoms in total. The first kappa shape index (κ1) is 19.7. The smallest absolute Gasteiger partial charge is 0.277 e. The number of aromatic nitrogens is 2. The van der Waals surface area contributed by atoms with Gasteiger partial charge in [0.1, 0.15) is 5.76 Å². The van der Waals surface area contributed by atoms with Crippen molar-refractivity contribution in [2.45, 2.75) is 36.7 Å². The van der Waals surface area contributed by atoms with Gasteiger partial charge in [-0.3, -0.25) is 14.5 Å². The number of benzene rings is 1. The lowest BCUT2D eigenvalue weighted by Gasteiger charge is -2.21. The molecule has 0 bridgehead atoms. The second kappa shape index (κ2) is 8.42. The molecule has 3 heterocycles. The van der Waals surface area contributed by atoms with Crippen molar-refractivity contribution in [1.29, 1.82) is 0 Å². The molecule has 9 heteroatoms. The predicted octanol–water partition coefficient (Wildman–Crippen LogP) is 4.61. The zero-order valence-electron chi connectivity index (χ0n) is 15.6. The fraction of sp³-hybridized carbons (Fsp3) is 0.300. The van der Waals surface area contributed by atoms with Crippen LogP contribution in [0.5, 0.6) is 0 Å². The van der Waals surface area contributed by atoms with E-state index in [-0.39, 0.29) is 11.8 Å². The van der Waals surface area contributed by atoms with Gasteiger partial charge in [0, 0.05) is 17.1 Å². The summed E-state index contributed by atoms with van der Waals surface area (Å²) in [4.78, 5) is 27.2. The van der Waals surface area contributed by atoms with Gasteiger partial charge < -0.3 is 8.83 Å². The summed E-state index contributed by atoms with van der Waals surface area (Å²) in [6, 6.07) is 8.29. The van der Waals surface area contributed by atoms with Crippen LogP contribution >= 0.6 is 23.4 Å². The largest absolute Gasteiger partial charge is 0.469 e. The highest BCUT2D eigenvalue weighted by atomic mass is 35.5. The lowest BCUT2D eigenvalue weighted by Crippen LogP contribution is -2.41. The summed E-state index contributed by atoms with van der Waals surface area (Å²) in [5, 5.41) is 8.45. The van der Waals surface area contributed by atoms with Gasteiger partial charge in [0.2, 0.25) is 5.91 Å². The average Bonchev–Trinajstić information content (AvgIpc) is 3.30. The number of rotatable bonds is 4. The average molecular weight is 432 g/mol. The Bertz CT molecular complexity index is 1030. The Labute approximate surface area is 176 Å². The molecule has 1 saturated heterocycles. The van der Waals surface area contributed by atoms with Crippen molar-refractivity contribution in [3.05, 3.63) is 52.9 Å². The predicted molar refractivity (Wildman–Crippen MR) is 108 cm³/mol. The quantitative estimate of drug-likeness (QED) is 0.557. The molecular weight excluding hydrogens is 414 g/mol. The molecule has 0 aliphatic carbocycles. The minimum Gasteiger partial charge on any atom is -0.469 e. The maximum absolute atomic E-state index is 13.1. The van der Waals surface area contributed by atoms with Gasteiger partial charge in [-0.2, -0.15) is 0 Å². The zero-order valence-corrected chi connectivity index (χ0v) is 17.2. The van der Waals surface area contributed by atoms with Gasteiger partial charge in [0.05, 0.1) is 17.1 Å². The topological polar surface area (TPSA) is 89.4 Å². The molecule has 1 fully saturated rings. The maximum atomic E-state index is 13.1. The van der Waals surface area contributed by atoms with E-state index in [9.17, 15) is 9.59 Å². The molecule has 0 radical (unpaired) electrons. The van der Waals surface area contributed by atoms with Crippen LogP contribution in [-0.2, 0) is 4.79 Å². The Morgan fingerprint density at radius 3 is 2.72 bits per heavy atom. The fourth-order valence-corrected chi connectivity index (χ4v) is 4.26. The highest BCUT2D eigenvalue weighted by Crippen LogP contribution is 2.32. The van der Waals surface area contributed by atoms with E-state index in [0.29, 0.717) is 40.4 Å². The third-order valence-corrected chi connectivity index (χ3v) is 6.06. The van der Waals surface area contributed by atoms with Crippen molar-refractivity contribution >= 4 is 35.2 Å². The van der Waals surface area contributed by atoms with Crippen molar-refractivity contribution in [3.63, 3.8) is 0 Å². The summed E-state index contributed by atoms with van der Waals surface area (Å²) in [6.45, 7) is 2.20. The lowest BCUT2D eigenvalue weighted by molar-refractivity contribution is -0.127. The molecule has 1 aliphatic rings. The number of hydrogen-bond donors (Lipinski definition) is 0. The monoisotopic (exact) mass is 431 g/mol. The maximum Gasteiger partial charge on any atom is 0.277 e. The number of furan rings is 1. The minimum absolute atomic E-state index is 0.244. The van der Waals surface area contributed by atoms with E-state index in [2.05, 4.69) is 10.2 Å². The standard InChI is InChI=1S/C20H18ClN3O4S/c1-12-15(9-11-27-12)17-22-23-20(28-17)29-16-4-2-3-10-24(19(16)26)18(25)13-5-7-14(21)8-6-13/h5-9,11,16H,2-4,10H2,1H3. The second-order valence-corrected chi connectivity index (χ2v) is 8.26. The molecule has 29 heavy (non-hydrogen) atoms. The molecule has 0 spiro atoms. The number of thioether (sulfide) groups is 1. The van der Waals surface area contributed by atoms with Crippen LogP contribution in [0.15, 0.2) is 50.7 Å². The molecule has 0 saturated carbocycles. The molecular formula is C20H18ClN3O4S. The molecule has 4 rings (SSSR count). The van der Waals surface area contributed by atoms with Gasteiger partial charge in [-0.15, -0.1) is 10.2 Å². The number of hydrogen-bond acceptors (Lipinski definition) is 7. The first-order chi connectivity index (χ1) is 14.0. The van der Waals surface area contributed by atoms with Crippen LogP contribution in [0.1, 0.15) is 35.4 Å². The Kier molecular flexibility index (Phi) is 5.73. The van der Waals surface area contributed by atoms with Crippen molar-refractivity contribution in [3.8, 4) is 11.5 Å². The van der Waals surface area contributed by atoms with Gasteiger partial charge in [0.25, 0.3) is 17.0 Å². The number of carbonyl (C=O) groups is 2. The SMILES string of the molecule is Cc1occc1-c1nnc(SC2CCCCN(C(=O)c3ccc(Cl)cc3)C2=O)o1. The summed E-state index contributed by atoms with van der Waals surface area (Å²) in [7, 11) is 0. The summed E-state index contributed by atoms with van der Waals surface area (Å²) in [5.41, 5.74) is 1.15. The number of amides is 2. The van der Waals surface area contributed by atoms with Crippen LogP contribution in [0.25, 0.3) is 11.5 Å². The van der Waals surface area contributed by atoms with Gasteiger partial charge in [-0.1, -0.05) is 29.8 Å². The highest BCUT2D eigenvalue weighted by Gasteiger charge is 2.33. The summed E-state index contributed by atoms with van der Waals surface area (Å²) >= 11 is 7.09. The van der Waals surface area contributed by atoms with Gasteiger partial charge in [0.15, 0.2) is 0 Å². The second-order valence-electron chi connectivity index (χ2n) is 6.67. The van der Waals surface area contributed by atoms with E-state index in [1.807, 2.05) is 0 Å². The Morgan fingerprint density at radius 1 is 1.21 bits per heavy atom. The van der Waals surface area contributed by atoms with Gasteiger partial charge in [-0.25, -0.2) is 0 Å². The molecule has 150 valence electrons. The van der Waals surface area contributed by atoms with E-state index < -0.39 is 5.25 Å². The summed E-state index contributed by atoms with van der Waals surface area (Å²) in [5.74, 6) is 0.454. The normalized spacial score (nSPS) is 17.4. The van der Waals surface area contributed by atoms with Crippen LogP contribution in [0.2, 0.25) is 5.02 Å². The number of halogens is 1. The van der Waals surface area contributed by atoms with Crippen LogP contribution in [0.3, 0.4) is 0 Å². The van der Waals surface area contributed by atoms with Crippen molar-refractivity contribution in [2.24, 2.45) is 0 Å². The third kappa shape index (κ3) is 4.23. The Morgan fingerprint density at radius 2 is 2.00 bits per heavy atom. The highest BCUT2D eigenvalue weighted by molar-refractivity contribution is 8.00. The number of nitrogens with zero attached hydrogens (tertiary/aromatic N) is 3. The summed E-state index contributed by atoms with van der Waals surface area (Å²) < 4.78 is 11.0. The van der Waals surface area contributed by atoms with Crippen molar-refractivity contribution < 1.29 is 18.4 Å². The molecule has 3 aromatic rings. The molecule has 1 unspecified atom stereocenters. The summed E-state index contributed by atoms with van der Waals surface area (Å²) in [6.07, 6.45) is 3.77. The third-order valence-electron chi connectivity index (χ3n) is 4.71. The fourth-order valence-electron chi connectivity index (χ4n) is 3.16. The molecule has 1 aliphatic heterocycles. The molecule has 2 aromatic heterocycles. The number of likely N-dealkylation sites (tertiary alicyclic amines) is 1. The van der Waals surface area contributed by atoms with E-state index in [1.165, 1.54) is 16.7 Å². The van der Waals surface area contributed by atoms with Crippen LogP contribution in [-0.4, -0.2) is 38.7 Å². The lowest BCUT2D eigenvalue weighted by atomic mass is 10.2. The van der Waals surface area contributed by atoms with Crippen molar-refractivity contribution in [1.82, 2.24) is 15.1 Å². The first-order valence-electron chi connectivity index (χ1n) is 9.19. The minimum atomic E-state index is -0.465. The zero-order chi connectivity index (χ0) is 20.4. The number of imide groups is 1. The number of carbonyl (C=O) groups excluding carboxylic acids is 2. The van der Waals surface area contributed by atoms with E-state index in [4.69, 9.17) is 20.4 Å². The van der Waals surface area contributed by atoms with E-state index in [1.54, 1.807) is 43.5 Å². The number of aryl methyl sites for hydroxylation is 1. The van der Waals surface area contributed by atoms with Crippen LogP contribution in [0.4, 0.5) is 0 Å². The molecule has 2 amide bonds. The van der Waals surface area contributed by atoms with Gasteiger partial charge in [-0.05, 0) is 50.1 Å².